The van der Waals surface area contributed by atoms with Gasteiger partial charge >= 0.3 is 0 Å². The van der Waals surface area contributed by atoms with Crippen LogP contribution in [0.25, 0.3) is 0 Å². The zero-order chi connectivity index (χ0) is 13.0. The fourth-order valence-corrected chi connectivity index (χ4v) is 1.33. The lowest BCUT2D eigenvalue weighted by Crippen LogP contribution is -2.12. The number of aromatic nitrogens is 2. The van der Waals surface area contributed by atoms with Gasteiger partial charge in [0.2, 0.25) is 5.88 Å². The number of methoxy groups -OCH3 is 1. The summed E-state index contributed by atoms with van der Waals surface area (Å²) in [6, 6.07) is 7.04. The van der Waals surface area contributed by atoms with E-state index in [4.69, 9.17) is 21.1 Å². The Balaban J connectivity index is 2.22. The topological polar surface area (TPSA) is 108 Å². The van der Waals surface area contributed by atoms with Crippen molar-refractivity contribution in [2.24, 2.45) is 5.84 Å². The number of nitrogens with one attached hydrogen (secondary N) is 1. The minimum Gasteiger partial charge on any atom is -0.497 e. The van der Waals surface area contributed by atoms with Crippen LogP contribution in [0.4, 0.5) is 11.5 Å². The maximum Gasteiger partial charge on any atom is 0.248 e. The van der Waals surface area contributed by atoms with Gasteiger partial charge in [0.05, 0.1) is 7.11 Å². The first-order chi connectivity index (χ1) is 8.74. The highest BCUT2D eigenvalue weighted by Gasteiger charge is 2.09. The van der Waals surface area contributed by atoms with Crippen molar-refractivity contribution in [2.75, 3.05) is 18.3 Å². The van der Waals surface area contributed by atoms with E-state index in [0.29, 0.717) is 11.6 Å². The van der Waals surface area contributed by atoms with Crippen molar-refractivity contribution >= 4 is 11.5 Å². The lowest BCUT2D eigenvalue weighted by Gasteiger charge is -2.09. The zero-order valence-electron chi connectivity index (χ0n) is 9.75. The van der Waals surface area contributed by atoms with Gasteiger partial charge in [-0.15, -0.1) is 0 Å². The molecule has 1 aromatic heterocycles. The predicted molar refractivity (Wildman–Crippen MR) is 67.3 cm³/mol. The van der Waals surface area contributed by atoms with Gasteiger partial charge in [-0.05, 0) is 24.3 Å². The highest BCUT2D eigenvalue weighted by atomic mass is 16.5. The molecule has 0 spiro atoms. The summed E-state index contributed by atoms with van der Waals surface area (Å²) in [5.41, 5.74) is 8.39. The SMILES string of the molecule is COc1ccc(Oc2ncnc(NN)c2N)cc1. The highest BCUT2D eigenvalue weighted by Crippen LogP contribution is 2.29. The molecule has 0 aliphatic heterocycles. The number of hydrogen-bond acceptors (Lipinski definition) is 7. The van der Waals surface area contributed by atoms with E-state index in [0.717, 1.165) is 5.75 Å². The van der Waals surface area contributed by atoms with E-state index in [1.165, 1.54) is 6.33 Å². The average molecular weight is 247 g/mol. The van der Waals surface area contributed by atoms with Gasteiger partial charge in [0.25, 0.3) is 0 Å². The smallest absolute Gasteiger partial charge is 0.248 e. The van der Waals surface area contributed by atoms with Crippen molar-refractivity contribution < 1.29 is 9.47 Å². The standard InChI is InChI=1S/C11H13N5O2/c1-17-7-2-4-8(5-3-7)18-11-9(12)10(16-13)14-6-15-11/h2-6H,12-13H2,1H3,(H,14,15,16). The number of anilines is 2. The van der Waals surface area contributed by atoms with Crippen LogP contribution in [0.1, 0.15) is 0 Å². The summed E-state index contributed by atoms with van der Waals surface area (Å²) in [5, 5.41) is 0. The van der Waals surface area contributed by atoms with Gasteiger partial charge in [-0.1, -0.05) is 0 Å². The summed E-state index contributed by atoms with van der Waals surface area (Å²) in [4.78, 5) is 7.79. The molecule has 0 fully saturated rings. The molecule has 2 rings (SSSR count). The molecule has 0 radical (unpaired) electrons. The fourth-order valence-electron chi connectivity index (χ4n) is 1.33. The molecule has 0 amide bonds. The van der Waals surface area contributed by atoms with Crippen LogP contribution in [0, 0.1) is 0 Å². The number of hydrazine groups is 1. The maximum absolute atomic E-state index is 5.78. The first-order valence-corrected chi connectivity index (χ1v) is 5.13. The van der Waals surface area contributed by atoms with E-state index in [9.17, 15) is 0 Å². The number of benzene rings is 1. The number of ether oxygens (including phenoxy) is 2. The normalized spacial score (nSPS) is 9.89. The Bertz CT molecular complexity index is 529. The molecule has 94 valence electrons. The molecule has 0 aliphatic rings. The Morgan fingerprint density at radius 2 is 1.78 bits per heavy atom. The third-order valence-corrected chi connectivity index (χ3v) is 2.26. The number of hydrogen-bond donors (Lipinski definition) is 3. The third-order valence-electron chi connectivity index (χ3n) is 2.26. The van der Waals surface area contributed by atoms with Crippen LogP contribution in [0.3, 0.4) is 0 Å². The van der Waals surface area contributed by atoms with Crippen LogP contribution in [0.2, 0.25) is 0 Å². The van der Waals surface area contributed by atoms with E-state index in [1.54, 1.807) is 31.4 Å². The molecular formula is C11H13N5O2. The van der Waals surface area contributed by atoms with E-state index >= 15 is 0 Å². The molecular weight excluding hydrogens is 234 g/mol. The summed E-state index contributed by atoms with van der Waals surface area (Å²) >= 11 is 0. The summed E-state index contributed by atoms with van der Waals surface area (Å²) < 4.78 is 10.6. The molecule has 7 heteroatoms. The van der Waals surface area contributed by atoms with Gasteiger partial charge in [0, 0.05) is 0 Å². The van der Waals surface area contributed by atoms with Gasteiger partial charge in [-0.2, -0.15) is 4.98 Å². The predicted octanol–water partition coefficient (Wildman–Crippen LogP) is 1.15. The second-order valence-electron chi connectivity index (χ2n) is 3.36. The second-order valence-corrected chi connectivity index (χ2v) is 3.36. The number of nitrogens with zero attached hydrogens (tertiary/aromatic N) is 2. The zero-order valence-corrected chi connectivity index (χ0v) is 9.75. The summed E-state index contributed by atoms with van der Waals surface area (Å²) in [6.07, 6.45) is 1.31. The highest BCUT2D eigenvalue weighted by molar-refractivity contribution is 5.66. The van der Waals surface area contributed by atoms with Crippen LogP contribution in [-0.2, 0) is 0 Å². The summed E-state index contributed by atoms with van der Waals surface area (Å²) in [5.74, 6) is 7.14. The van der Waals surface area contributed by atoms with E-state index in [-0.39, 0.29) is 11.6 Å². The second kappa shape index (κ2) is 5.19. The molecule has 0 aliphatic carbocycles. The molecule has 0 saturated heterocycles. The van der Waals surface area contributed by atoms with Crippen molar-refractivity contribution in [1.82, 2.24) is 9.97 Å². The Labute approximate surface area is 104 Å². The number of nitrogens with two attached hydrogens (primary N) is 2. The van der Waals surface area contributed by atoms with Crippen molar-refractivity contribution in [3.05, 3.63) is 30.6 Å². The first-order valence-electron chi connectivity index (χ1n) is 5.13. The van der Waals surface area contributed by atoms with Crippen LogP contribution >= 0.6 is 0 Å². The largest absolute Gasteiger partial charge is 0.497 e. The van der Waals surface area contributed by atoms with Crippen molar-refractivity contribution in [3.8, 4) is 17.4 Å². The molecule has 1 aromatic carbocycles. The minimum atomic E-state index is 0.239. The molecule has 1 heterocycles. The Morgan fingerprint density at radius 3 is 2.39 bits per heavy atom. The van der Waals surface area contributed by atoms with Gasteiger partial charge in [0.15, 0.2) is 5.82 Å². The monoisotopic (exact) mass is 247 g/mol. The number of nitrogen functional groups attached to an aromatic ring is 2. The molecule has 18 heavy (non-hydrogen) atoms. The summed E-state index contributed by atoms with van der Waals surface area (Å²) in [6.45, 7) is 0. The molecule has 0 atom stereocenters. The van der Waals surface area contributed by atoms with Crippen LogP contribution < -0.4 is 26.5 Å². The quantitative estimate of drug-likeness (QED) is 0.549. The average Bonchev–Trinajstić information content (AvgIpc) is 2.42. The molecule has 2 aromatic rings. The lowest BCUT2D eigenvalue weighted by molar-refractivity contribution is 0.412. The van der Waals surface area contributed by atoms with Gasteiger partial charge < -0.3 is 20.6 Å². The van der Waals surface area contributed by atoms with Crippen molar-refractivity contribution in [1.29, 1.82) is 0 Å². The number of rotatable bonds is 4. The maximum atomic E-state index is 5.78. The van der Waals surface area contributed by atoms with Gasteiger partial charge in [-0.25, -0.2) is 10.8 Å². The minimum absolute atomic E-state index is 0.239. The van der Waals surface area contributed by atoms with Crippen LogP contribution in [0.15, 0.2) is 30.6 Å². The third kappa shape index (κ3) is 2.41. The molecule has 7 nitrogen and oxygen atoms in total. The fraction of sp³-hybridized carbons (Fsp3) is 0.0909. The lowest BCUT2D eigenvalue weighted by atomic mass is 10.3. The van der Waals surface area contributed by atoms with Crippen LogP contribution in [0.5, 0.6) is 17.4 Å². The first kappa shape index (κ1) is 11.9. The van der Waals surface area contributed by atoms with E-state index in [1.807, 2.05) is 0 Å². The molecule has 5 N–H and O–H groups in total. The Kier molecular flexibility index (Phi) is 3.44. The van der Waals surface area contributed by atoms with E-state index in [2.05, 4.69) is 15.4 Å². The van der Waals surface area contributed by atoms with Crippen molar-refractivity contribution in [2.45, 2.75) is 0 Å². The van der Waals surface area contributed by atoms with Crippen LogP contribution in [-0.4, -0.2) is 17.1 Å². The summed E-state index contributed by atoms with van der Waals surface area (Å²) in [7, 11) is 1.59. The van der Waals surface area contributed by atoms with E-state index < -0.39 is 0 Å². The molecule has 0 bridgehead atoms. The Hall–Kier alpha value is -2.54. The van der Waals surface area contributed by atoms with Crippen molar-refractivity contribution in [3.63, 3.8) is 0 Å². The van der Waals surface area contributed by atoms with Gasteiger partial charge in [0.1, 0.15) is 23.5 Å². The Morgan fingerprint density at radius 1 is 1.11 bits per heavy atom. The molecule has 0 saturated carbocycles. The van der Waals surface area contributed by atoms with Gasteiger partial charge in [-0.3, -0.25) is 0 Å². The molecule has 0 unspecified atom stereocenters.